The van der Waals surface area contributed by atoms with Crippen LogP contribution in [0.25, 0.3) is 11.1 Å². The van der Waals surface area contributed by atoms with Crippen LogP contribution in [0.1, 0.15) is 40.7 Å². The number of carbonyl (C=O) groups excluding carboxylic acids is 2. The minimum absolute atomic E-state index is 0.0590. The highest BCUT2D eigenvalue weighted by Crippen LogP contribution is 2.44. The Morgan fingerprint density at radius 3 is 2.20 bits per heavy atom. The van der Waals surface area contributed by atoms with E-state index in [2.05, 4.69) is 22.8 Å². The number of anilines is 1. The van der Waals surface area contributed by atoms with E-state index in [-0.39, 0.29) is 30.2 Å². The van der Waals surface area contributed by atoms with Crippen molar-refractivity contribution in [3.63, 3.8) is 0 Å². The molecule has 0 spiro atoms. The smallest absolute Gasteiger partial charge is 0.407 e. The molecule has 0 aromatic heterocycles. The highest BCUT2D eigenvalue weighted by molar-refractivity contribution is 6.01. The normalized spacial score (nSPS) is 12.7. The fraction of sp³-hybridized carbons (Fsp3) is 0.222. The fourth-order valence-corrected chi connectivity index (χ4v) is 4.31. The second-order valence-electron chi connectivity index (χ2n) is 8.34. The van der Waals surface area contributed by atoms with Crippen LogP contribution in [0.3, 0.4) is 0 Å². The average molecular weight is 475 g/mol. The second kappa shape index (κ2) is 10.3. The van der Waals surface area contributed by atoms with Gasteiger partial charge in [-0.25, -0.2) is 9.59 Å². The Bertz CT molecular complexity index is 1230. The van der Waals surface area contributed by atoms with Gasteiger partial charge in [0.25, 0.3) is 0 Å². The molecule has 2 amide bonds. The molecule has 3 aromatic carbocycles. The number of carboxylic acids is 1. The molecule has 0 bridgehead atoms. The monoisotopic (exact) mass is 474 g/mol. The van der Waals surface area contributed by atoms with Crippen LogP contribution in [-0.2, 0) is 9.53 Å². The molecular weight excluding hydrogens is 448 g/mol. The SMILES string of the molecule is COc1ccc(C(=O)O)c(NC(=O)CC(C)NC(=O)OCC2c3ccccc3-c3ccccc32)c1. The van der Waals surface area contributed by atoms with E-state index in [1.807, 2.05) is 36.4 Å². The summed E-state index contributed by atoms with van der Waals surface area (Å²) in [7, 11) is 1.45. The maximum absolute atomic E-state index is 12.5. The van der Waals surface area contributed by atoms with E-state index in [9.17, 15) is 19.5 Å². The Morgan fingerprint density at radius 2 is 1.60 bits per heavy atom. The maximum atomic E-state index is 12.5. The Morgan fingerprint density at radius 1 is 0.971 bits per heavy atom. The zero-order valence-corrected chi connectivity index (χ0v) is 19.4. The number of alkyl carbamates (subject to hydrolysis) is 1. The minimum Gasteiger partial charge on any atom is -0.497 e. The first-order valence-electron chi connectivity index (χ1n) is 11.2. The number of fused-ring (bicyclic) bond motifs is 3. The molecular formula is C27H26N2O6. The molecule has 8 nitrogen and oxygen atoms in total. The Kier molecular flexibility index (Phi) is 7.01. The first-order valence-corrected chi connectivity index (χ1v) is 11.2. The van der Waals surface area contributed by atoms with E-state index in [4.69, 9.17) is 9.47 Å². The van der Waals surface area contributed by atoms with Gasteiger partial charge >= 0.3 is 12.1 Å². The van der Waals surface area contributed by atoms with Gasteiger partial charge in [0.2, 0.25) is 5.91 Å². The molecule has 180 valence electrons. The summed E-state index contributed by atoms with van der Waals surface area (Å²) in [5, 5.41) is 14.6. The van der Waals surface area contributed by atoms with E-state index in [0.29, 0.717) is 5.75 Å². The number of carbonyl (C=O) groups is 3. The molecule has 0 radical (unpaired) electrons. The third kappa shape index (κ3) is 5.27. The van der Waals surface area contributed by atoms with Gasteiger partial charge in [0, 0.05) is 24.4 Å². The highest BCUT2D eigenvalue weighted by Gasteiger charge is 2.29. The van der Waals surface area contributed by atoms with Crippen molar-refractivity contribution in [2.45, 2.75) is 25.3 Å². The standard InChI is InChI=1S/C27H26N2O6/c1-16(13-25(30)29-24-14-17(34-2)11-12-22(24)26(31)32)28-27(33)35-15-23-20-9-5-3-7-18(20)19-8-4-6-10-21(19)23/h3-12,14,16,23H,13,15H2,1-2H3,(H,28,33)(H,29,30)(H,31,32). The first-order chi connectivity index (χ1) is 16.9. The van der Waals surface area contributed by atoms with Gasteiger partial charge in [-0.05, 0) is 41.3 Å². The lowest BCUT2D eigenvalue weighted by molar-refractivity contribution is -0.116. The molecule has 1 aliphatic carbocycles. The molecule has 4 rings (SSSR count). The summed E-state index contributed by atoms with van der Waals surface area (Å²) in [5.74, 6) is -1.27. The summed E-state index contributed by atoms with van der Waals surface area (Å²) in [6.07, 6.45) is -0.694. The molecule has 0 saturated heterocycles. The molecule has 35 heavy (non-hydrogen) atoms. The number of methoxy groups -OCH3 is 1. The molecule has 1 unspecified atom stereocenters. The summed E-state index contributed by atoms with van der Waals surface area (Å²) >= 11 is 0. The summed E-state index contributed by atoms with van der Waals surface area (Å²) in [6.45, 7) is 1.84. The van der Waals surface area contributed by atoms with Gasteiger partial charge in [0.1, 0.15) is 12.4 Å². The van der Waals surface area contributed by atoms with Crippen LogP contribution < -0.4 is 15.4 Å². The van der Waals surface area contributed by atoms with E-state index in [1.165, 1.54) is 25.3 Å². The van der Waals surface area contributed by atoms with Crippen molar-refractivity contribution in [2.75, 3.05) is 19.0 Å². The summed E-state index contributed by atoms with van der Waals surface area (Å²) in [6, 6.07) is 19.9. The Hall–Kier alpha value is -4.33. The molecule has 1 atom stereocenters. The third-order valence-corrected chi connectivity index (χ3v) is 5.93. The maximum Gasteiger partial charge on any atom is 0.407 e. The Balaban J connectivity index is 1.33. The van der Waals surface area contributed by atoms with Gasteiger partial charge in [-0.3, -0.25) is 4.79 Å². The van der Waals surface area contributed by atoms with Crippen LogP contribution in [0.4, 0.5) is 10.5 Å². The van der Waals surface area contributed by atoms with Crippen molar-refractivity contribution in [3.8, 4) is 16.9 Å². The molecule has 3 aromatic rings. The number of carboxylic acid groups (broad SMARTS) is 1. The largest absolute Gasteiger partial charge is 0.497 e. The molecule has 1 aliphatic rings. The molecule has 3 N–H and O–H groups in total. The first kappa shape index (κ1) is 23.8. The van der Waals surface area contributed by atoms with E-state index < -0.39 is 24.0 Å². The van der Waals surface area contributed by atoms with Crippen molar-refractivity contribution in [1.82, 2.24) is 5.32 Å². The zero-order chi connectivity index (χ0) is 24.9. The summed E-state index contributed by atoms with van der Waals surface area (Å²) < 4.78 is 10.6. The van der Waals surface area contributed by atoms with E-state index in [1.54, 1.807) is 6.92 Å². The number of ether oxygens (including phenoxy) is 2. The van der Waals surface area contributed by atoms with Crippen molar-refractivity contribution in [1.29, 1.82) is 0 Å². The number of hydrogen-bond acceptors (Lipinski definition) is 5. The van der Waals surface area contributed by atoms with Gasteiger partial charge in [-0.15, -0.1) is 0 Å². The summed E-state index contributed by atoms with van der Waals surface area (Å²) in [5.41, 5.74) is 4.57. The lowest BCUT2D eigenvalue weighted by Crippen LogP contribution is -2.36. The van der Waals surface area contributed by atoms with Crippen molar-refractivity contribution >= 4 is 23.7 Å². The van der Waals surface area contributed by atoms with Crippen molar-refractivity contribution in [3.05, 3.63) is 83.4 Å². The van der Waals surface area contributed by atoms with Crippen LogP contribution in [0.2, 0.25) is 0 Å². The molecule has 0 fully saturated rings. The molecule has 0 saturated carbocycles. The lowest BCUT2D eigenvalue weighted by atomic mass is 9.98. The minimum atomic E-state index is -1.17. The fourth-order valence-electron chi connectivity index (χ4n) is 4.31. The van der Waals surface area contributed by atoms with Crippen molar-refractivity contribution < 1.29 is 29.0 Å². The van der Waals surface area contributed by atoms with Gasteiger partial charge in [0.15, 0.2) is 0 Å². The number of nitrogens with one attached hydrogen (secondary N) is 2. The second-order valence-corrected chi connectivity index (χ2v) is 8.34. The van der Waals surface area contributed by atoms with Gasteiger partial charge in [-0.1, -0.05) is 48.5 Å². The van der Waals surface area contributed by atoms with Gasteiger partial charge in [0.05, 0.1) is 18.4 Å². The number of rotatable bonds is 8. The Labute approximate surface area is 202 Å². The van der Waals surface area contributed by atoms with Gasteiger partial charge < -0.3 is 25.2 Å². The van der Waals surface area contributed by atoms with Crippen LogP contribution in [0, 0.1) is 0 Å². The quantitative estimate of drug-likeness (QED) is 0.438. The van der Waals surface area contributed by atoms with E-state index in [0.717, 1.165) is 22.3 Å². The average Bonchev–Trinajstić information content (AvgIpc) is 3.16. The number of amides is 2. The van der Waals surface area contributed by atoms with Crippen LogP contribution in [0.15, 0.2) is 66.7 Å². The highest BCUT2D eigenvalue weighted by atomic mass is 16.5. The van der Waals surface area contributed by atoms with Crippen LogP contribution >= 0.6 is 0 Å². The lowest BCUT2D eigenvalue weighted by Gasteiger charge is -2.17. The topological polar surface area (TPSA) is 114 Å². The van der Waals surface area contributed by atoms with Gasteiger partial charge in [-0.2, -0.15) is 0 Å². The predicted molar refractivity (Wildman–Crippen MR) is 131 cm³/mol. The molecule has 8 heteroatoms. The predicted octanol–water partition coefficient (Wildman–Crippen LogP) is 4.65. The summed E-state index contributed by atoms with van der Waals surface area (Å²) in [4.78, 5) is 36.4. The van der Waals surface area contributed by atoms with E-state index >= 15 is 0 Å². The van der Waals surface area contributed by atoms with Crippen molar-refractivity contribution in [2.24, 2.45) is 0 Å². The number of benzene rings is 3. The van der Waals surface area contributed by atoms with Crippen LogP contribution in [0.5, 0.6) is 5.75 Å². The van der Waals surface area contributed by atoms with Crippen LogP contribution in [-0.4, -0.2) is 42.8 Å². The molecule has 0 heterocycles. The number of hydrogen-bond donors (Lipinski definition) is 3. The molecule has 0 aliphatic heterocycles. The zero-order valence-electron chi connectivity index (χ0n) is 19.4. The number of aromatic carboxylic acids is 1. The third-order valence-electron chi connectivity index (χ3n) is 5.93.